The van der Waals surface area contributed by atoms with E-state index in [2.05, 4.69) is 0 Å². The fourth-order valence-electron chi connectivity index (χ4n) is 0.902. The third kappa shape index (κ3) is 11.4. The fourth-order valence-corrected chi connectivity index (χ4v) is 0.902. The Bertz CT molecular complexity index is 165. The zero-order valence-corrected chi connectivity index (χ0v) is 9.78. The van der Waals surface area contributed by atoms with Crippen molar-refractivity contribution in [1.82, 2.24) is 0 Å². The van der Waals surface area contributed by atoms with E-state index in [-0.39, 0.29) is 13.2 Å². The highest BCUT2D eigenvalue weighted by atomic mass is 16.6. The Kier molecular flexibility index (Phi) is 11.8. The molecule has 0 amide bonds. The molecule has 0 saturated carbocycles. The van der Waals surface area contributed by atoms with E-state index in [0.717, 1.165) is 6.42 Å². The highest BCUT2D eigenvalue weighted by Gasteiger charge is 2.01. The smallest absolute Gasteiger partial charge is 0.332 e. The quantitative estimate of drug-likeness (QED) is 0.386. The minimum atomic E-state index is -0.394. The highest BCUT2D eigenvalue weighted by Crippen LogP contribution is 1.86. The molecular weight excluding hydrogens is 214 g/mol. The van der Waals surface area contributed by atoms with E-state index in [9.17, 15) is 4.79 Å². The van der Waals surface area contributed by atoms with Crippen LogP contribution in [-0.4, -0.2) is 59.3 Å². The minimum Gasteiger partial charge on any atom is -0.462 e. The molecule has 0 bridgehead atoms. The Morgan fingerprint density at radius 3 is 2.56 bits per heavy atom. The van der Waals surface area contributed by atoms with Crippen molar-refractivity contribution in [3.8, 4) is 0 Å². The van der Waals surface area contributed by atoms with Crippen LogP contribution in [0.2, 0.25) is 0 Å². The molecule has 0 atom stereocenters. The van der Waals surface area contributed by atoms with Gasteiger partial charge in [0.15, 0.2) is 0 Å². The van der Waals surface area contributed by atoms with Gasteiger partial charge in [-0.1, -0.05) is 0 Å². The molecule has 0 aromatic rings. The number of hydrogen-bond donors (Lipinski definition) is 1. The normalized spacial score (nSPS) is 10.4. The highest BCUT2D eigenvalue weighted by molar-refractivity contribution is 5.70. The number of carbonyl (C=O) groups is 1. The van der Waals surface area contributed by atoms with Crippen molar-refractivity contribution in [3.63, 3.8) is 0 Å². The SMILES string of the molecule is COCCCOCCOC(=O)COCCN. The number of methoxy groups -OCH3 is 1. The monoisotopic (exact) mass is 235 g/mol. The second-order valence-corrected chi connectivity index (χ2v) is 3.02. The maximum Gasteiger partial charge on any atom is 0.332 e. The zero-order valence-electron chi connectivity index (χ0n) is 9.78. The topological polar surface area (TPSA) is 80.0 Å². The van der Waals surface area contributed by atoms with Crippen molar-refractivity contribution in [2.45, 2.75) is 6.42 Å². The predicted octanol–water partition coefficient (Wildman–Crippen LogP) is -0.442. The van der Waals surface area contributed by atoms with Crippen LogP contribution >= 0.6 is 0 Å². The number of carbonyl (C=O) groups excluding carboxylic acids is 1. The van der Waals surface area contributed by atoms with E-state index in [1.165, 1.54) is 0 Å². The summed E-state index contributed by atoms with van der Waals surface area (Å²) >= 11 is 0. The first kappa shape index (κ1) is 15.3. The average molecular weight is 235 g/mol. The van der Waals surface area contributed by atoms with Gasteiger partial charge in [0.05, 0.1) is 13.2 Å². The number of hydrogen-bond acceptors (Lipinski definition) is 6. The standard InChI is InChI=1S/C10H21NO5/c1-13-4-2-5-14-7-8-16-10(12)9-15-6-3-11/h2-9,11H2,1H3. The maximum absolute atomic E-state index is 11.0. The molecule has 0 aliphatic rings. The Morgan fingerprint density at radius 2 is 1.88 bits per heavy atom. The van der Waals surface area contributed by atoms with Crippen molar-refractivity contribution < 1.29 is 23.7 Å². The van der Waals surface area contributed by atoms with Gasteiger partial charge in [-0.2, -0.15) is 0 Å². The van der Waals surface area contributed by atoms with Gasteiger partial charge in [0, 0.05) is 26.9 Å². The molecule has 16 heavy (non-hydrogen) atoms. The number of rotatable bonds is 11. The van der Waals surface area contributed by atoms with Gasteiger partial charge in [-0.3, -0.25) is 0 Å². The summed E-state index contributed by atoms with van der Waals surface area (Å²) in [6.45, 7) is 2.63. The summed E-state index contributed by atoms with van der Waals surface area (Å²) in [7, 11) is 1.64. The minimum absolute atomic E-state index is 0.0547. The lowest BCUT2D eigenvalue weighted by atomic mass is 10.5. The Morgan fingerprint density at radius 1 is 1.06 bits per heavy atom. The van der Waals surface area contributed by atoms with Gasteiger partial charge in [-0.15, -0.1) is 0 Å². The van der Waals surface area contributed by atoms with Crippen LogP contribution in [0.25, 0.3) is 0 Å². The summed E-state index contributed by atoms with van der Waals surface area (Å²) in [5.41, 5.74) is 5.19. The van der Waals surface area contributed by atoms with Crippen LogP contribution < -0.4 is 5.73 Å². The molecule has 6 heteroatoms. The molecule has 96 valence electrons. The molecule has 0 radical (unpaired) electrons. The predicted molar refractivity (Wildman–Crippen MR) is 58.1 cm³/mol. The van der Waals surface area contributed by atoms with Crippen molar-refractivity contribution in [3.05, 3.63) is 0 Å². The van der Waals surface area contributed by atoms with Crippen molar-refractivity contribution in [2.75, 3.05) is 53.3 Å². The summed E-state index contributed by atoms with van der Waals surface area (Å²) in [6.07, 6.45) is 0.837. The zero-order chi connectivity index (χ0) is 12.1. The Balaban J connectivity index is 3.09. The lowest BCUT2D eigenvalue weighted by Gasteiger charge is -2.06. The first-order valence-corrected chi connectivity index (χ1v) is 5.31. The lowest BCUT2D eigenvalue weighted by Crippen LogP contribution is -2.18. The van der Waals surface area contributed by atoms with Gasteiger partial charge in [0.25, 0.3) is 0 Å². The first-order valence-electron chi connectivity index (χ1n) is 5.31. The molecule has 0 rings (SSSR count). The Labute approximate surface area is 96.0 Å². The molecule has 0 aromatic carbocycles. The van der Waals surface area contributed by atoms with E-state index in [1.807, 2.05) is 0 Å². The largest absolute Gasteiger partial charge is 0.462 e. The van der Waals surface area contributed by atoms with Gasteiger partial charge in [0.2, 0.25) is 0 Å². The van der Waals surface area contributed by atoms with Crippen LogP contribution in [-0.2, 0) is 23.7 Å². The molecule has 0 aliphatic carbocycles. The molecule has 0 saturated heterocycles. The van der Waals surface area contributed by atoms with E-state index >= 15 is 0 Å². The Hall–Kier alpha value is -0.690. The van der Waals surface area contributed by atoms with E-state index in [0.29, 0.717) is 33.0 Å². The molecule has 6 nitrogen and oxygen atoms in total. The van der Waals surface area contributed by atoms with Crippen molar-refractivity contribution in [1.29, 1.82) is 0 Å². The van der Waals surface area contributed by atoms with Crippen LogP contribution in [0, 0.1) is 0 Å². The van der Waals surface area contributed by atoms with Crippen LogP contribution in [0.3, 0.4) is 0 Å². The summed E-state index contributed by atoms with van der Waals surface area (Å²) in [5, 5.41) is 0. The molecule has 2 N–H and O–H groups in total. The number of ether oxygens (including phenoxy) is 4. The van der Waals surface area contributed by atoms with Gasteiger partial charge < -0.3 is 24.7 Å². The molecule has 0 aliphatic heterocycles. The van der Waals surface area contributed by atoms with E-state index in [4.69, 9.17) is 24.7 Å². The van der Waals surface area contributed by atoms with Crippen LogP contribution in [0.4, 0.5) is 0 Å². The van der Waals surface area contributed by atoms with Crippen LogP contribution in [0.1, 0.15) is 6.42 Å². The average Bonchev–Trinajstić information content (AvgIpc) is 2.28. The third-order valence-electron chi connectivity index (χ3n) is 1.61. The fraction of sp³-hybridized carbons (Fsp3) is 0.900. The summed E-state index contributed by atoms with van der Waals surface area (Å²) in [5.74, 6) is -0.394. The van der Waals surface area contributed by atoms with Crippen molar-refractivity contribution in [2.24, 2.45) is 5.73 Å². The van der Waals surface area contributed by atoms with Gasteiger partial charge in [0.1, 0.15) is 13.2 Å². The van der Waals surface area contributed by atoms with E-state index < -0.39 is 5.97 Å². The summed E-state index contributed by atoms with van der Waals surface area (Å²) < 4.78 is 19.8. The second-order valence-electron chi connectivity index (χ2n) is 3.02. The van der Waals surface area contributed by atoms with Gasteiger partial charge in [-0.25, -0.2) is 4.79 Å². The lowest BCUT2D eigenvalue weighted by molar-refractivity contribution is -0.150. The van der Waals surface area contributed by atoms with Crippen molar-refractivity contribution >= 4 is 5.97 Å². The first-order chi connectivity index (χ1) is 7.81. The van der Waals surface area contributed by atoms with E-state index in [1.54, 1.807) is 7.11 Å². The van der Waals surface area contributed by atoms with Crippen LogP contribution in [0.5, 0.6) is 0 Å². The molecule has 0 heterocycles. The van der Waals surface area contributed by atoms with Gasteiger partial charge >= 0.3 is 5.97 Å². The van der Waals surface area contributed by atoms with Crippen LogP contribution in [0.15, 0.2) is 0 Å². The number of nitrogens with two attached hydrogens (primary N) is 1. The summed E-state index contributed by atoms with van der Waals surface area (Å²) in [4.78, 5) is 11.0. The maximum atomic E-state index is 11.0. The molecule has 0 fully saturated rings. The number of esters is 1. The third-order valence-corrected chi connectivity index (χ3v) is 1.61. The molecule has 0 unspecified atom stereocenters. The molecule has 0 spiro atoms. The van der Waals surface area contributed by atoms with Gasteiger partial charge in [-0.05, 0) is 6.42 Å². The summed E-state index contributed by atoms with van der Waals surface area (Å²) in [6, 6.07) is 0. The second kappa shape index (κ2) is 12.4. The molecular formula is C10H21NO5. The molecule has 0 aromatic heterocycles.